The van der Waals surface area contributed by atoms with Crippen molar-refractivity contribution in [3.8, 4) is 0 Å². The van der Waals surface area contributed by atoms with Crippen molar-refractivity contribution in [3.05, 3.63) is 106 Å². The monoisotopic (exact) mass is 401 g/mol. The average molecular weight is 401 g/mol. The van der Waals surface area contributed by atoms with Crippen LogP contribution < -0.4 is 5.48 Å². The van der Waals surface area contributed by atoms with E-state index in [1.165, 1.54) is 11.3 Å². The summed E-state index contributed by atoms with van der Waals surface area (Å²) in [6, 6.07) is 26.8. The van der Waals surface area contributed by atoms with Crippen LogP contribution in [0.4, 0.5) is 0 Å². The Hall–Kier alpha value is -3.28. The van der Waals surface area contributed by atoms with E-state index >= 15 is 0 Å². The molecule has 1 atom stereocenters. The second-order valence-corrected chi connectivity index (χ2v) is 7.89. The first-order valence-corrected chi connectivity index (χ1v) is 10.1. The molecule has 29 heavy (non-hydrogen) atoms. The van der Waals surface area contributed by atoms with Gasteiger partial charge in [0.05, 0.1) is 4.88 Å². The molecule has 0 saturated heterocycles. The third-order valence-corrected chi connectivity index (χ3v) is 6.13. The highest BCUT2D eigenvalue weighted by Crippen LogP contribution is 2.32. The minimum Gasteiger partial charge on any atom is -0.293 e. The smallest absolute Gasteiger partial charge is 0.274 e. The van der Waals surface area contributed by atoms with Crippen molar-refractivity contribution < 1.29 is 14.8 Å². The Kier molecular flexibility index (Phi) is 5.51. The van der Waals surface area contributed by atoms with E-state index < -0.39 is 5.91 Å². The molecule has 0 saturated carbocycles. The number of nitrogens with one attached hydrogen (secondary N) is 1. The molecule has 0 radical (unpaired) electrons. The molecule has 4 nitrogen and oxygen atoms in total. The lowest BCUT2D eigenvalue weighted by atomic mass is 9.86. The number of benzene rings is 3. The third-order valence-electron chi connectivity index (χ3n) is 4.97. The molecule has 5 heteroatoms. The van der Waals surface area contributed by atoms with E-state index in [-0.39, 0.29) is 11.7 Å². The number of hydrogen-bond donors (Lipinski definition) is 2. The number of carbonyl (C=O) groups is 2. The van der Waals surface area contributed by atoms with Gasteiger partial charge in [-0.25, -0.2) is 5.48 Å². The number of rotatable bonds is 6. The van der Waals surface area contributed by atoms with Crippen LogP contribution in [-0.2, 0) is 0 Å². The number of carbonyl (C=O) groups excluding carboxylic acids is 2. The van der Waals surface area contributed by atoms with E-state index in [1.807, 2.05) is 72.8 Å². The molecule has 0 fully saturated rings. The van der Waals surface area contributed by atoms with Crippen LogP contribution in [0, 0.1) is 0 Å². The van der Waals surface area contributed by atoms with Crippen molar-refractivity contribution in [2.75, 3.05) is 0 Å². The van der Waals surface area contributed by atoms with E-state index in [0.717, 1.165) is 26.1 Å². The van der Waals surface area contributed by atoms with E-state index in [0.29, 0.717) is 12.0 Å². The Bertz CT molecular complexity index is 1120. The normalized spacial score (nSPS) is 11.9. The minimum absolute atomic E-state index is 0.0947. The maximum absolute atomic E-state index is 13.1. The first kappa shape index (κ1) is 19.1. The SMILES string of the molecule is O=C(NO)c1ccc([C@H](CC(=O)c2cc3ccccc3s2)c2ccccc2)cc1. The number of amides is 1. The second-order valence-electron chi connectivity index (χ2n) is 6.80. The zero-order valence-corrected chi connectivity index (χ0v) is 16.4. The fraction of sp³-hybridized carbons (Fsp3) is 0.0833. The molecule has 0 aliphatic heterocycles. The quantitative estimate of drug-likeness (QED) is 0.257. The van der Waals surface area contributed by atoms with E-state index in [2.05, 4.69) is 0 Å². The molecule has 4 aromatic rings. The summed E-state index contributed by atoms with van der Waals surface area (Å²) in [7, 11) is 0. The number of ketones is 1. The van der Waals surface area contributed by atoms with Gasteiger partial charge in [0, 0.05) is 22.6 Å². The summed E-state index contributed by atoms with van der Waals surface area (Å²) in [5.74, 6) is -0.591. The lowest BCUT2D eigenvalue weighted by molar-refractivity contribution is 0.0706. The maximum Gasteiger partial charge on any atom is 0.274 e. The number of Topliss-reactive ketones (excluding diaryl/α,β-unsaturated/α-hetero) is 1. The van der Waals surface area contributed by atoms with Crippen molar-refractivity contribution in [1.29, 1.82) is 0 Å². The molecule has 0 bridgehead atoms. The maximum atomic E-state index is 13.1. The van der Waals surface area contributed by atoms with Crippen molar-refractivity contribution >= 4 is 33.1 Å². The molecular formula is C24H19NO3S. The lowest BCUT2D eigenvalue weighted by Gasteiger charge is -2.17. The van der Waals surface area contributed by atoms with Crippen LogP contribution in [0.3, 0.4) is 0 Å². The van der Waals surface area contributed by atoms with Crippen molar-refractivity contribution in [2.24, 2.45) is 0 Å². The zero-order valence-electron chi connectivity index (χ0n) is 15.5. The largest absolute Gasteiger partial charge is 0.293 e. The van der Waals surface area contributed by atoms with Crippen LogP contribution in [0.1, 0.15) is 43.5 Å². The topological polar surface area (TPSA) is 66.4 Å². The summed E-state index contributed by atoms with van der Waals surface area (Å²) < 4.78 is 1.10. The van der Waals surface area contributed by atoms with Gasteiger partial charge in [-0.2, -0.15) is 0 Å². The predicted molar refractivity (Wildman–Crippen MR) is 115 cm³/mol. The highest BCUT2D eigenvalue weighted by Gasteiger charge is 2.21. The molecule has 1 amide bonds. The van der Waals surface area contributed by atoms with Gasteiger partial charge in [-0.05, 0) is 40.8 Å². The molecule has 144 valence electrons. The van der Waals surface area contributed by atoms with Gasteiger partial charge >= 0.3 is 0 Å². The molecule has 0 spiro atoms. The number of hydroxylamine groups is 1. The highest BCUT2D eigenvalue weighted by molar-refractivity contribution is 7.20. The van der Waals surface area contributed by atoms with Crippen LogP contribution in [0.2, 0.25) is 0 Å². The molecular weight excluding hydrogens is 382 g/mol. The van der Waals surface area contributed by atoms with Crippen LogP contribution >= 0.6 is 11.3 Å². The zero-order chi connectivity index (χ0) is 20.2. The highest BCUT2D eigenvalue weighted by atomic mass is 32.1. The number of fused-ring (bicyclic) bond motifs is 1. The summed E-state index contributed by atoms with van der Waals surface area (Å²) in [4.78, 5) is 25.5. The number of thiophene rings is 1. The summed E-state index contributed by atoms with van der Waals surface area (Å²) >= 11 is 1.52. The van der Waals surface area contributed by atoms with Gasteiger partial charge in [-0.3, -0.25) is 14.8 Å². The first-order chi connectivity index (χ1) is 14.2. The van der Waals surface area contributed by atoms with Gasteiger partial charge in [0.2, 0.25) is 0 Å². The van der Waals surface area contributed by atoms with Crippen LogP contribution in [0.5, 0.6) is 0 Å². The summed E-state index contributed by atoms with van der Waals surface area (Å²) in [5.41, 5.74) is 3.98. The molecule has 0 aliphatic carbocycles. The molecule has 3 aromatic carbocycles. The van der Waals surface area contributed by atoms with E-state index in [1.54, 1.807) is 17.6 Å². The van der Waals surface area contributed by atoms with Crippen molar-refractivity contribution in [2.45, 2.75) is 12.3 Å². The Morgan fingerprint density at radius 1 is 0.862 bits per heavy atom. The van der Waals surface area contributed by atoms with Gasteiger partial charge in [0.1, 0.15) is 0 Å². The van der Waals surface area contributed by atoms with Gasteiger partial charge in [-0.1, -0.05) is 60.7 Å². The van der Waals surface area contributed by atoms with Gasteiger partial charge < -0.3 is 0 Å². The van der Waals surface area contributed by atoms with Gasteiger partial charge in [0.15, 0.2) is 5.78 Å². The van der Waals surface area contributed by atoms with Gasteiger partial charge in [0.25, 0.3) is 5.91 Å². The molecule has 4 rings (SSSR count). The Balaban J connectivity index is 1.65. The molecule has 1 heterocycles. The molecule has 0 unspecified atom stereocenters. The molecule has 2 N–H and O–H groups in total. The van der Waals surface area contributed by atoms with Crippen LogP contribution in [-0.4, -0.2) is 16.9 Å². The summed E-state index contributed by atoms with van der Waals surface area (Å²) in [6.45, 7) is 0. The van der Waals surface area contributed by atoms with Gasteiger partial charge in [-0.15, -0.1) is 11.3 Å². The second kappa shape index (κ2) is 8.39. The average Bonchev–Trinajstić information content (AvgIpc) is 3.22. The standard InChI is InChI=1S/C24H19NO3S/c26-21(23-14-19-8-4-5-9-22(19)29-23)15-20(16-6-2-1-3-7-16)17-10-12-18(13-11-17)24(27)25-28/h1-14,20,28H,15H2,(H,25,27)/t20-/m1/s1. The Morgan fingerprint density at radius 2 is 1.52 bits per heavy atom. The molecule has 1 aromatic heterocycles. The molecule has 0 aliphatic rings. The minimum atomic E-state index is -0.561. The third kappa shape index (κ3) is 4.11. The summed E-state index contributed by atoms with van der Waals surface area (Å²) in [5, 5.41) is 9.89. The fourth-order valence-electron chi connectivity index (χ4n) is 3.45. The Morgan fingerprint density at radius 3 is 2.21 bits per heavy atom. The van der Waals surface area contributed by atoms with E-state index in [4.69, 9.17) is 5.21 Å². The van der Waals surface area contributed by atoms with Crippen LogP contribution in [0.15, 0.2) is 84.9 Å². The van der Waals surface area contributed by atoms with Crippen molar-refractivity contribution in [3.63, 3.8) is 0 Å². The van der Waals surface area contributed by atoms with Crippen LogP contribution in [0.25, 0.3) is 10.1 Å². The predicted octanol–water partition coefficient (Wildman–Crippen LogP) is 5.43. The number of hydrogen-bond acceptors (Lipinski definition) is 4. The van der Waals surface area contributed by atoms with Crippen molar-refractivity contribution in [1.82, 2.24) is 5.48 Å². The fourth-order valence-corrected chi connectivity index (χ4v) is 4.46. The Labute approximate surface area is 172 Å². The van der Waals surface area contributed by atoms with E-state index in [9.17, 15) is 9.59 Å². The first-order valence-electron chi connectivity index (χ1n) is 9.27. The lowest BCUT2D eigenvalue weighted by Crippen LogP contribution is -2.18. The summed E-state index contributed by atoms with van der Waals surface area (Å²) in [6.07, 6.45) is 0.336.